The number of benzene rings is 1. The summed E-state index contributed by atoms with van der Waals surface area (Å²) in [7, 11) is 3.50. The molecular formula is C19H21N3O4S. The Kier molecular flexibility index (Phi) is 6.20. The van der Waals surface area contributed by atoms with Gasteiger partial charge >= 0.3 is 0 Å². The summed E-state index contributed by atoms with van der Waals surface area (Å²) in [6, 6.07) is 10.4. The molecule has 1 unspecified atom stereocenters. The van der Waals surface area contributed by atoms with E-state index in [1.807, 2.05) is 17.8 Å². The van der Waals surface area contributed by atoms with E-state index in [1.54, 1.807) is 49.7 Å². The molecule has 2 N–H and O–H groups in total. The third kappa shape index (κ3) is 4.93. The van der Waals surface area contributed by atoms with E-state index >= 15 is 0 Å². The molecule has 3 aromatic rings. The summed E-state index contributed by atoms with van der Waals surface area (Å²) >= 11 is 1.53. The molecule has 0 spiro atoms. The summed E-state index contributed by atoms with van der Waals surface area (Å²) < 4.78 is 12.6. The zero-order valence-corrected chi connectivity index (χ0v) is 15.9. The Morgan fingerprint density at radius 1 is 1.33 bits per heavy atom. The summed E-state index contributed by atoms with van der Waals surface area (Å²) in [5, 5.41) is 13.8. The lowest BCUT2D eigenvalue weighted by atomic mass is 10.1. The highest BCUT2D eigenvalue weighted by Crippen LogP contribution is 2.22. The molecule has 0 aliphatic rings. The van der Waals surface area contributed by atoms with Gasteiger partial charge in [0.15, 0.2) is 10.9 Å². The monoisotopic (exact) mass is 387 g/mol. The smallest absolute Gasteiger partial charge is 0.287 e. The molecule has 7 nitrogen and oxygen atoms in total. The number of ether oxygens (including phenoxy) is 1. The number of amides is 1. The number of hydrogen-bond donors (Lipinski definition) is 2. The van der Waals surface area contributed by atoms with Gasteiger partial charge in [-0.15, -0.1) is 0 Å². The SMILES string of the molecule is COc1ccc(C(O)CNC(=O)c2ccc(CSc3nccn3C)o2)cc1. The van der Waals surface area contributed by atoms with Crippen LogP contribution in [-0.4, -0.2) is 34.2 Å². The number of furan rings is 1. The van der Waals surface area contributed by atoms with Crippen molar-refractivity contribution in [3.05, 3.63) is 65.9 Å². The van der Waals surface area contributed by atoms with E-state index in [-0.39, 0.29) is 18.2 Å². The molecule has 0 aliphatic heterocycles. The fraction of sp³-hybridized carbons (Fsp3) is 0.263. The van der Waals surface area contributed by atoms with Crippen molar-refractivity contribution in [2.45, 2.75) is 17.0 Å². The number of methoxy groups -OCH3 is 1. The average molecular weight is 387 g/mol. The number of carbonyl (C=O) groups is 1. The van der Waals surface area contributed by atoms with Crippen molar-refractivity contribution >= 4 is 17.7 Å². The van der Waals surface area contributed by atoms with Gasteiger partial charge in [-0.05, 0) is 29.8 Å². The van der Waals surface area contributed by atoms with Gasteiger partial charge < -0.3 is 24.1 Å². The first-order valence-electron chi connectivity index (χ1n) is 8.36. The molecule has 142 valence electrons. The van der Waals surface area contributed by atoms with Crippen molar-refractivity contribution in [1.29, 1.82) is 0 Å². The van der Waals surface area contributed by atoms with Crippen molar-refractivity contribution in [2.24, 2.45) is 7.05 Å². The average Bonchev–Trinajstić information content (AvgIpc) is 3.33. The van der Waals surface area contributed by atoms with E-state index in [2.05, 4.69) is 10.3 Å². The molecule has 2 aromatic heterocycles. The van der Waals surface area contributed by atoms with E-state index in [1.165, 1.54) is 11.8 Å². The van der Waals surface area contributed by atoms with Crippen LogP contribution < -0.4 is 10.1 Å². The third-order valence-electron chi connectivity index (χ3n) is 3.96. The maximum atomic E-state index is 12.2. The van der Waals surface area contributed by atoms with Gasteiger partial charge in [-0.25, -0.2) is 4.98 Å². The summed E-state index contributed by atoms with van der Waals surface area (Å²) in [6.07, 6.45) is 2.79. The molecule has 3 rings (SSSR count). The number of aliphatic hydroxyl groups is 1. The highest BCUT2D eigenvalue weighted by molar-refractivity contribution is 7.98. The molecule has 0 bridgehead atoms. The summed E-state index contributed by atoms with van der Waals surface area (Å²) in [5.74, 6) is 1.82. The van der Waals surface area contributed by atoms with E-state index < -0.39 is 6.10 Å². The fourth-order valence-electron chi connectivity index (χ4n) is 2.42. The van der Waals surface area contributed by atoms with E-state index in [0.29, 0.717) is 22.8 Å². The molecule has 1 amide bonds. The van der Waals surface area contributed by atoms with Crippen molar-refractivity contribution in [3.8, 4) is 5.75 Å². The van der Waals surface area contributed by atoms with Crippen LogP contribution in [0.5, 0.6) is 5.75 Å². The fourth-order valence-corrected chi connectivity index (χ4v) is 3.25. The standard InChI is InChI=1S/C19H21N3O4S/c1-22-10-9-20-19(22)27-12-15-7-8-17(26-15)18(24)21-11-16(23)13-3-5-14(25-2)6-4-13/h3-10,16,23H,11-12H2,1-2H3,(H,21,24). The van der Waals surface area contributed by atoms with Gasteiger partial charge in [0.05, 0.1) is 19.0 Å². The number of aromatic nitrogens is 2. The van der Waals surface area contributed by atoms with Crippen molar-refractivity contribution in [1.82, 2.24) is 14.9 Å². The second-order valence-corrected chi connectivity index (χ2v) is 6.82. The van der Waals surface area contributed by atoms with Crippen LogP contribution in [0.1, 0.15) is 28.0 Å². The molecule has 8 heteroatoms. The molecule has 0 fully saturated rings. The zero-order chi connectivity index (χ0) is 19.2. The van der Waals surface area contributed by atoms with Gasteiger partial charge in [0.2, 0.25) is 0 Å². The predicted molar refractivity (Wildman–Crippen MR) is 102 cm³/mol. The number of carbonyl (C=O) groups excluding carboxylic acids is 1. The minimum atomic E-state index is -0.812. The molecule has 0 saturated heterocycles. The number of rotatable bonds is 8. The van der Waals surface area contributed by atoms with Crippen molar-refractivity contribution in [2.75, 3.05) is 13.7 Å². The Balaban J connectivity index is 1.50. The van der Waals surface area contributed by atoms with Gasteiger partial charge in [0.1, 0.15) is 11.5 Å². The first-order valence-corrected chi connectivity index (χ1v) is 9.34. The highest BCUT2D eigenvalue weighted by atomic mass is 32.2. The minimum Gasteiger partial charge on any atom is -0.497 e. The van der Waals surface area contributed by atoms with Crippen LogP contribution in [0.3, 0.4) is 0 Å². The van der Waals surface area contributed by atoms with Gasteiger partial charge in [0, 0.05) is 26.0 Å². The Bertz CT molecular complexity index is 889. The maximum absolute atomic E-state index is 12.2. The van der Waals surface area contributed by atoms with E-state index in [0.717, 1.165) is 5.16 Å². The first-order chi connectivity index (χ1) is 13.1. The largest absolute Gasteiger partial charge is 0.497 e. The summed E-state index contributed by atoms with van der Waals surface area (Å²) in [4.78, 5) is 16.5. The zero-order valence-electron chi connectivity index (χ0n) is 15.1. The Morgan fingerprint density at radius 2 is 2.11 bits per heavy atom. The number of imidazole rings is 1. The number of hydrogen-bond acceptors (Lipinski definition) is 6. The molecule has 2 heterocycles. The number of thioether (sulfide) groups is 1. The van der Waals surface area contributed by atoms with Crippen LogP contribution >= 0.6 is 11.8 Å². The second kappa shape index (κ2) is 8.79. The number of aliphatic hydroxyl groups excluding tert-OH is 1. The number of aryl methyl sites for hydroxylation is 1. The van der Waals surface area contributed by atoms with Crippen LogP contribution in [0, 0.1) is 0 Å². The first kappa shape index (κ1) is 19.1. The van der Waals surface area contributed by atoms with Gasteiger partial charge in [0.25, 0.3) is 5.91 Å². The number of nitrogens with one attached hydrogen (secondary N) is 1. The predicted octanol–water partition coefficient (Wildman–Crippen LogP) is 2.78. The van der Waals surface area contributed by atoms with Crippen molar-refractivity contribution in [3.63, 3.8) is 0 Å². The molecule has 0 radical (unpaired) electrons. The minimum absolute atomic E-state index is 0.0865. The maximum Gasteiger partial charge on any atom is 0.287 e. The lowest BCUT2D eigenvalue weighted by Gasteiger charge is -2.12. The highest BCUT2D eigenvalue weighted by Gasteiger charge is 2.14. The third-order valence-corrected chi connectivity index (χ3v) is 5.04. The molecule has 27 heavy (non-hydrogen) atoms. The second-order valence-electron chi connectivity index (χ2n) is 5.87. The van der Waals surface area contributed by atoms with Crippen molar-refractivity contribution < 1.29 is 19.1 Å². The van der Waals surface area contributed by atoms with E-state index in [9.17, 15) is 9.90 Å². The molecule has 1 aromatic carbocycles. The van der Waals surface area contributed by atoms with Crippen LogP contribution in [-0.2, 0) is 12.8 Å². The van der Waals surface area contributed by atoms with Gasteiger partial charge in [-0.3, -0.25) is 4.79 Å². The summed E-state index contributed by atoms with van der Waals surface area (Å²) in [5.41, 5.74) is 0.697. The van der Waals surface area contributed by atoms with Crippen LogP contribution in [0.15, 0.2) is 58.4 Å². The lowest BCUT2D eigenvalue weighted by Crippen LogP contribution is -2.28. The van der Waals surface area contributed by atoms with Gasteiger partial charge in [-0.2, -0.15) is 0 Å². The Morgan fingerprint density at radius 3 is 2.78 bits per heavy atom. The summed E-state index contributed by atoms with van der Waals surface area (Å²) in [6.45, 7) is 0.0865. The lowest BCUT2D eigenvalue weighted by molar-refractivity contribution is 0.0887. The Hall–Kier alpha value is -2.71. The van der Waals surface area contributed by atoms with Crippen LogP contribution in [0.2, 0.25) is 0 Å². The van der Waals surface area contributed by atoms with E-state index in [4.69, 9.17) is 9.15 Å². The normalized spacial score (nSPS) is 12.0. The topological polar surface area (TPSA) is 89.5 Å². The Labute approximate surface area is 161 Å². The van der Waals surface area contributed by atoms with Gasteiger partial charge in [-0.1, -0.05) is 23.9 Å². The molecule has 1 atom stereocenters. The quantitative estimate of drug-likeness (QED) is 0.578. The van der Waals surface area contributed by atoms with Crippen LogP contribution in [0.4, 0.5) is 0 Å². The molecular weight excluding hydrogens is 366 g/mol. The molecule has 0 aliphatic carbocycles. The van der Waals surface area contributed by atoms with Crippen LogP contribution in [0.25, 0.3) is 0 Å². The molecule has 0 saturated carbocycles. The number of nitrogens with zero attached hydrogens (tertiary/aromatic N) is 2.